The predicted molar refractivity (Wildman–Crippen MR) is 76.2 cm³/mol. The van der Waals surface area contributed by atoms with E-state index in [0.29, 0.717) is 36.0 Å². The van der Waals surface area contributed by atoms with Crippen molar-refractivity contribution in [3.63, 3.8) is 0 Å². The molecule has 2 N–H and O–H groups in total. The Morgan fingerprint density at radius 2 is 2.14 bits per heavy atom. The molecular formula is C15H17NO5. The van der Waals surface area contributed by atoms with Crippen LogP contribution in [-0.4, -0.2) is 36.7 Å². The molecule has 0 fully saturated rings. The Morgan fingerprint density at radius 3 is 2.86 bits per heavy atom. The average molecular weight is 291 g/mol. The van der Waals surface area contributed by atoms with Crippen LogP contribution in [0.1, 0.15) is 23.2 Å². The number of aliphatic carboxylic acids is 1. The number of carboxylic acid groups (broad SMARTS) is 1. The summed E-state index contributed by atoms with van der Waals surface area (Å²) in [5.74, 6) is -1.52. The summed E-state index contributed by atoms with van der Waals surface area (Å²) in [6.45, 7) is 0.453. The lowest BCUT2D eigenvalue weighted by molar-refractivity contribution is -0.139. The van der Waals surface area contributed by atoms with Gasteiger partial charge in [0.15, 0.2) is 0 Å². The van der Waals surface area contributed by atoms with E-state index in [2.05, 4.69) is 5.32 Å². The van der Waals surface area contributed by atoms with Crippen molar-refractivity contribution in [2.45, 2.75) is 18.9 Å². The number of para-hydroxylation sites is 1. The fourth-order valence-electron chi connectivity index (χ4n) is 2.08. The van der Waals surface area contributed by atoms with Gasteiger partial charge in [-0.2, -0.15) is 0 Å². The van der Waals surface area contributed by atoms with Crippen molar-refractivity contribution >= 4 is 22.8 Å². The molecule has 1 aromatic heterocycles. The number of nitrogens with one attached hydrogen (secondary N) is 1. The number of methoxy groups -OCH3 is 1. The van der Waals surface area contributed by atoms with Gasteiger partial charge in [-0.3, -0.25) is 4.79 Å². The molecule has 1 aromatic carbocycles. The molecule has 112 valence electrons. The van der Waals surface area contributed by atoms with Crippen molar-refractivity contribution in [2.24, 2.45) is 0 Å². The minimum atomic E-state index is -1.06. The fourth-order valence-corrected chi connectivity index (χ4v) is 2.08. The van der Waals surface area contributed by atoms with Gasteiger partial charge >= 0.3 is 5.97 Å². The Hall–Kier alpha value is -2.34. The van der Waals surface area contributed by atoms with Crippen LogP contribution >= 0.6 is 0 Å². The molecule has 2 aromatic rings. The highest BCUT2D eigenvalue weighted by Gasteiger charge is 2.22. The minimum Gasteiger partial charge on any atom is -0.480 e. The smallest absolute Gasteiger partial charge is 0.326 e. The highest BCUT2D eigenvalue weighted by Crippen LogP contribution is 2.20. The van der Waals surface area contributed by atoms with Crippen molar-refractivity contribution in [3.05, 3.63) is 36.1 Å². The van der Waals surface area contributed by atoms with Gasteiger partial charge in [-0.05, 0) is 18.9 Å². The van der Waals surface area contributed by atoms with Gasteiger partial charge in [0.1, 0.15) is 17.9 Å². The first-order chi connectivity index (χ1) is 10.1. The first-order valence-electron chi connectivity index (χ1n) is 6.62. The standard InChI is InChI=1S/C15H17NO5/c1-20-8-4-6-12(15(18)19)16-14(17)11-9-21-13-7-3-2-5-10(11)13/h2-3,5,7,9,12H,4,6,8H2,1H3,(H,16,17)(H,18,19). The van der Waals surface area contributed by atoms with Gasteiger partial charge in [0.25, 0.3) is 5.91 Å². The van der Waals surface area contributed by atoms with Crippen LogP contribution in [-0.2, 0) is 9.53 Å². The molecule has 6 nitrogen and oxygen atoms in total. The molecule has 0 aliphatic rings. The Labute approximate surface area is 121 Å². The summed E-state index contributed by atoms with van der Waals surface area (Å²) in [6, 6.07) is 6.16. The fraction of sp³-hybridized carbons (Fsp3) is 0.333. The summed E-state index contributed by atoms with van der Waals surface area (Å²) in [6.07, 6.45) is 2.21. The normalized spacial score (nSPS) is 12.2. The van der Waals surface area contributed by atoms with Crippen LogP contribution in [0.5, 0.6) is 0 Å². The van der Waals surface area contributed by atoms with E-state index in [-0.39, 0.29) is 0 Å². The van der Waals surface area contributed by atoms with Gasteiger partial charge < -0.3 is 19.6 Å². The Morgan fingerprint density at radius 1 is 1.38 bits per heavy atom. The maximum absolute atomic E-state index is 12.2. The number of fused-ring (bicyclic) bond motifs is 1. The van der Waals surface area contributed by atoms with Crippen LogP contribution in [0.4, 0.5) is 0 Å². The molecule has 0 aliphatic heterocycles. The van der Waals surface area contributed by atoms with Gasteiger partial charge in [0, 0.05) is 19.1 Å². The summed E-state index contributed by atoms with van der Waals surface area (Å²) in [7, 11) is 1.55. The quantitative estimate of drug-likeness (QED) is 0.762. The molecule has 0 saturated heterocycles. The number of ether oxygens (including phenoxy) is 1. The van der Waals surface area contributed by atoms with Crippen LogP contribution in [0.2, 0.25) is 0 Å². The van der Waals surface area contributed by atoms with E-state index in [1.54, 1.807) is 31.4 Å². The number of furan rings is 1. The second-order valence-corrected chi connectivity index (χ2v) is 4.64. The summed E-state index contributed by atoms with van der Waals surface area (Å²) in [4.78, 5) is 23.4. The zero-order valence-electron chi connectivity index (χ0n) is 11.7. The Kier molecular flexibility index (Phi) is 4.94. The highest BCUT2D eigenvalue weighted by molar-refractivity contribution is 6.06. The maximum Gasteiger partial charge on any atom is 0.326 e. The molecule has 1 atom stereocenters. The number of hydrogen-bond donors (Lipinski definition) is 2. The molecule has 0 saturated carbocycles. The van der Waals surface area contributed by atoms with Crippen molar-refractivity contribution in [2.75, 3.05) is 13.7 Å². The monoisotopic (exact) mass is 291 g/mol. The number of carbonyl (C=O) groups is 2. The summed E-state index contributed by atoms with van der Waals surface area (Å²) < 4.78 is 10.2. The van der Waals surface area contributed by atoms with E-state index < -0.39 is 17.9 Å². The number of benzene rings is 1. The Balaban J connectivity index is 2.09. The number of rotatable bonds is 7. The molecular weight excluding hydrogens is 274 g/mol. The molecule has 2 rings (SSSR count). The lowest BCUT2D eigenvalue weighted by Crippen LogP contribution is -2.40. The van der Waals surface area contributed by atoms with E-state index in [4.69, 9.17) is 14.3 Å². The Bertz CT molecular complexity index is 634. The second kappa shape index (κ2) is 6.90. The molecule has 0 radical (unpaired) electrons. The van der Waals surface area contributed by atoms with Crippen molar-refractivity contribution < 1.29 is 23.8 Å². The van der Waals surface area contributed by atoms with Crippen LogP contribution in [0.25, 0.3) is 11.0 Å². The van der Waals surface area contributed by atoms with Gasteiger partial charge in [-0.25, -0.2) is 4.79 Å². The number of amides is 1. The SMILES string of the molecule is COCCCC(NC(=O)c1coc2ccccc12)C(=O)O. The lowest BCUT2D eigenvalue weighted by Gasteiger charge is -2.13. The second-order valence-electron chi connectivity index (χ2n) is 4.64. The van der Waals surface area contributed by atoms with Gasteiger partial charge in [0.2, 0.25) is 0 Å². The van der Waals surface area contributed by atoms with Crippen LogP contribution < -0.4 is 5.32 Å². The third kappa shape index (κ3) is 3.61. The summed E-state index contributed by atoms with van der Waals surface area (Å²) >= 11 is 0. The molecule has 0 bridgehead atoms. The van der Waals surface area contributed by atoms with E-state index in [1.807, 2.05) is 0 Å². The highest BCUT2D eigenvalue weighted by atomic mass is 16.5. The first kappa shape index (κ1) is 15.1. The number of hydrogen-bond acceptors (Lipinski definition) is 4. The van der Waals surface area contributed by atoms with Gasteiger partial charge in [-0.1, -0.05) is 18.2 Å². The third-order valence-corrected chi connectivity index (χ3v) is 3.17. The summed E-state index contributed by atoms with van der Waals surface area (Å²) in [5.41, 5.74) is 0.928. The largest absolute Gasteiger partial charge is 0.480 e. The molecule has 21 heavy (non-hydrogen) atoms. The van der Waals surface area contributed by atoms with E-state index in [1.165, 1.54) is 6.26 Å². The average Bonchev–Trinajstić information content (AvgIpc) is 2.90. The van der Waals surface area contributed by atoms with Gasteiger partial charge in [-0.15, -0.1) is 0 Å². The molecule has 6 heteroatoms. The molecule has 1 amide bonds. The molecule has 1 unspecified atom stereocenters. The third-order valence-electron chi connectivity index (χ3n) is 3.17. The number of carbonyl (C=O) groups excluding carboxylic acids is 1. The zero-order valence-corrected chi connectivity index (χ0v) is 11.7. The van der Waals surface area contributed by atoms with Crippen molar-refractivity contribution in [1.82, 2.24) is 5.32 Å². The maximum atomic E-state index is 12.2. The topological polar surface area (TPSA) is 88.8 Å². The van der Waals surface area contributed by atoms with Crippen molar-refractivity contribution in [1.29, 1.82) is 0 Å². The molecule has 0 aliphatic carbocycles. The number of carboxylic acids is 1. The lowest BCUT2D eigenvalue weighted by atomic mass is 10.1. The van der Waals surface area contributed by atoms with Crippen LogP contribution in [0.15, 0.2) is 34.9 Å². The van der Waals surface area contributed by atoms with E-state index in [9.17, 15) is 9.59 Å². The molecule has 1 heterocycles. The molecule has 0 spiro atoms. The van der Waals surface area contributed by atoms with Crippen LogP contribution in [0, 0.1) is 0 Å². The van der Waals surface area contributed by atoms with Crippen molar-refractivity contribution in [3.8, 4) is 0 Å². The van der Waals surface area contributed by atoms with E-state index >= 15 is 0 Å². The van der Waals surface area contributed by atoms with Gasteiger partial charge in [0.05, 0.1) is 5.56 Å². The zero-order chi connectivity index (χ0) is 15.2. The predicted octanol–water partition coefficient (Wildman–Crippen LogP) is 2.04. The van der Waals surface area contributed by atoms with E-state index in [0.717, 1.165) is 0 Å². The minimum absolute atomic E-state index is 0.310. The summed E-state index contributed by atoms with van der Waals surface area (Å²) in [5, 5.41) is 12.3. The first-order valence-corrected chi connectivity index (χ1v) is 6.62. The van der Waals surface area contributed by atoms with Crippen LogP contribution in [0.3, 0.4) is 0 Å².